The third-order valence-electron chi connectivity index (χ3n) is 7.75. The van der Waals surface area contributed by atoms with E-state index < -0.39 is 32.5 Å². The number of carbonyl (C=O) groups is 2. The summed E-state index contributed by atoms with van der Waals surface area (Å²) < 4.78 is 32.6. The molecule has 0 aliphatic rings. The van der Waals surface area contributed by atoms with E-state index in [4.69, 9.17) is 24.3 Å². The van der Waals surface area contributed by atoms with E-state index >= 15 is 0 Å². The minimum absolute atomic E-state index is 0.0486. The molecule has 0 aromatic rings. The summed E-state index contributed by atoms with van der Waals surface area (Å²) in [6.45, 7) is 3.63. The van der Waals surface area contributed by atoms with Gasteiger partial charge in [0, 0.05) is 19.4 Å². The van der Waals surface area contributed by atoms with Gasteiger partial charge in [-0.3, -0.25) is 18.6 Å². The van der Waals surface area contributed by atoms with E-state index in [1.807, 2.05) is 0 Å². The van der Waals surface area contributed by atoms with Gasteiger partial charge in [0.05, 0.1) is 13.2 Å². The lowest BCUT2D eigenvalue weighted by atomic mass is 10.1. The van der Waals surface area contributed by atoms with Gasteiger partial charge < -0.3 is 20.1 Å². The highest BCUT2D eigenvalue weighted by Crippen LogP contribution is 2.43. The van der Waals surface area contributed by atoms with Gasteiger partial charge in [-0.1, -0.05) is 121 Å². The summed E-state index contributed by atoms with van der Waals surface area (Å²) in [4.78, 5) is 34.7. The molecule has 0 heterocycles. The van der Waals surface area contributed by atoms with Gasteiger partial charge in [-0.05, 0) is 64.2 Å². The second-order valence-corrected chi connectivity index (χ2v) is 13.9. The molecule has 0 aliphatic heterocycles. The molecule has 0 aromatic heterocycles. The predicted molar refractivity (Wildman–Crippen MR) is 197 cm³/mol. The van der Waals surface area contributed by atoms with Crippen LogP contribution in [-0.4, -0.2) is 49.3 Å². The van der Waals surface area contributed by atoms with Gasteiger partial charge in [-0.15, -0.1) is 0 Å². The predicted octanol–water partition coefficient (Wildman–Crippen LogP) is 10.2. The summed E-state index contributed by atoms with van der Waals surface area (Å²) in [6, 6.07) is 0. The molecule has 0 amide bonds. The van der Waals surface area contributed by atoms with E-state index in [9.17, 15) is 19.0 Å². The number of hydrogen-bond acceptors (Lipinski definition) is 8. The molecule has 0 bridgehead atoms. The summed E-state index contributed by atoms with van der Waals surface area (Å²) in [5, 5.41) is 0. The van der Waals surface area contributed by atoms with E-state index in [0.29, 0.717) is 12.8 Å². The van der Waals surface area contributed by atoms with Crippen LogP contribution in [0.1, 0.15) is 162 Å². The minimum atomic E-state index is -4.38. The first kappa shape index (κ1) is 46.2. The van der Waals surface area contributed by atoms with Crippen LogP contribution in [0.25, 0.3) is 0 Å². The molecule has 0 aliphatic carbocycles. The molecule has 9 nitrogen and oxygen atoms in total. The number of nitrogens with two attached hydrogens (primary N) is 1. The Morgan fingerprint density at radius 2 is 1.10 bits per heavy atom. The van der Waals surface area contributed by atoms with Crippen LogP contribution in [0.5, 0.6) is 0 Å². The van der Waals surface area contributed by atoms with Gasteiger partial charge >= 0.3 is 19.8 Å². The van der Waals surface area contributed by atoms with Crippen LogP contribution in [0, 0.1) is 0 Å². The van der Waals surface area contributed by atoms with E-state index in [0.717, 1.165) is 70.6 Å². The number of ether oxygens (including phenoxy) is 2. The molecule has 0 saturated carbocycles. The molecule has 280 valence electrons. The molecular weight excluding hydrogens is 629 g/mol. The molecule has 10 heteroatoms. The summed E-state index contributed by atoms with van der Waals surface area (Å²) in [6.07, 6.45) is 36.0. The Hall–Kier alpha value is -1.77. The van der Waals surface area contributed by atoms with Crippen LogP contribution in [0.2, 0.25) is 0 Å². The fourth-order valence-corrected chi connectivity index (χ4v) is 5.64. The Bertz CT molecular complexity index is 892. The lowest BCUT2D eigenvalue weighted by molar-refractivity contribution is -0.161. The highest BCUT2D eigenvalue weighted by atomic mass is 31.2. The first-order valence-corrected chi connectivity index (χ1v) is 20.5. The van der Waals surface area contributed by atoms with Crippen molar-refractivity contribution in [3.8, 4) is 0 Å². The van der Waals surface area contributed by atoms with Gasteiger partial charge in [0.15, 0.2) is 6.10 Å². The molecule has 0 radical (unpaired) electrons. The van der Waals surface area contributed by atoms with Gasteiger partial charge in [0.2, 0.25) is 0 Å². The van der Waals surface area contributed by atoms with Crippen molar-refractivity contribution in [1.29, 1.82) is 0 Å². The Morgan fingerprint density at radius 3 is 1.69 bits per heavy atom. The maximum absolute atomic E-state index is 12.5. The van der Waals surface area contributed by atoms with Gasteiger partial charge in [0.1, 0.15) is 6.61 Å². The van der Waals surface area contributed by atoms with Crippen molar-refractivity contribution in [1.82, 2.24) is 0 Å². The van der Waals surface area contributed by atoms with Crippen LogP contribution in [0.15, 0.2) is 36.5 Å². The van der Waals surface area contributed by atoms with Crippen molar-refractivity contribution in [2.24, 2.45) is 5.73 Å². The molecular formula is C38H70NO8P. The first-order valence-electron chi connectivity index (χ1n) is 19.0. The molecule has 0 rings (SSSR count). The monoisotopic (exact) mass is 699 g/mol. The summed E-state index contributed by atoms with van der Waals surface area (Å²) in [5.74, 6) is -0.866. The van der Waals surface area contributed by atoms with Gasteiger partial charge in [-0.25, -0.2) is 4.57 Å². The zero-order valence-corrected chi connectivity index (χ0v) is 31.4. The minimum Gasteiger partial charge on any atom is -0.462 e. The zero-order valence-electron chi connectivity index (χ0n) is 30.5. The van der Waals surface area contributed by atoms with Gasteiger partial charge in [-0.2, -0.15) is 0 Å². The zero-order chi connectivity index (χ0) is 35.4. The highest BCUT2D eigenvalue weighted by Gasteiger charge is 2.25. The van der Waals surface area contributed by atoms with Crippen molar-refractivity contribution in [3.05, 3.63) is 36.5 Å². The topological polar surface area (TPSA) is 134 Å². The molecule has 0 saturated heterocycles. The summed E-state index contributed by atoms with van der Waals surface area (Å²) in [5.41, 5.74) is 5.32. The average molecular weight is 700 g/mol. The number of carbonyl (C=O) groups excluding carboxylic acids is 2. The fraction of sp³-hybridized carbons (Fsp3) is 0.789. The number of phosphoric ester groups is 1. The number of rotatable bonds is 35. The Balaban J connectivity index is 4.28. The van der Waals surface area contributed by atoms with Crippen LogP contribution >= 0.6 is 7.82 Å². The number of allylic oxidation sites excluding steroid dienone is 6. The van der Waals surface area contributed by atoms with Crippen LogP contribution in [0.3, 0.4) is 0 Å². The maximum Gasteiger partial charge on any atom is 0.472 e. The maximum atomic E-state index is 12.5. The van der Waals surface area contributed by atoms with E-state index in [-0.39, 0.29) is 32.6 Å². The van der Waals surface area contributed by atoms with Gasteiger partial charge in [0.25, 0.3) is 0 Å². The molecule has 2 atom stereocenters. The van der Waals surface area contributed by atoms with Crippen LogP contribution in [0.4, 0.5) is 0 Å². The smallest absolute Gasteiger partial charge is 0.462 e. The van der Waals surface area contributed by atoms with E-state index in [1.165, 1.54) is 51.4 Å². The number of hydrogen-bond donors (Lipinski definition) is 2. The first-order chi connectivity index (χ1) is 23.3. The van der Waals surface area contributed by atoms with Crippen LogP contribution in [-0.2, 0) is 32.7 Å². The van der Waals surface area contributed by atoms with Crippen molar-refractivity contribution in [3.63, 3.8) is 0 Å². The van der Waals surface area contributed by atoms with Crippen molar-refractivity contribution >= 4 is 19.8 Å². The normalized spacial score (nSPS) is 13.8. The Labute approximate surface area is 293 Å². The fourth-order valence-electron chi connectivity index (χ4n) is 4.88. The Morgan fingerprint density at radius 1 is 0.625 bits per heavy atom. The lowest BCUT2D eigenvalue weighted by Crippen LogP contribution is -2.29. The second kappa shape index (κ2) is 35.1. The van der Waals surface area contributed by atoms with E-state index in [2.05, 4.69) is 50.3 Å². The van der Waals surface area contributed by atoms with Crippen molar-refractivity contribution in [2.75, 3.05) is 26.4 Å². The quantitative estimate of drug-likeness (QED) is 0.0287. The Kier molecular flexibility index (Phi) is 33.8. The third kappa shape index (κ3) is 34.1. The third-order valence-corrected chi connectivity index (χ3v) is 8.73. The van der Waals surface area contributed by atoms with Crippen molar-refractivity contribution < 1.29 is 37.6 Å². The molecule has 3 N–H and O–H groups in total. The molecule has 0 aromatic carbocycles. The summed E-state index contributed by atoms with van der Waals surface area (Å²) >= 11 is 0. The highest BCUT2D eigenvalue weighted by molar-refractivity contribution is 7.47. The lowest BCUT2D eigenvalue weighted by Gasteiger charge is -2.19. The molecule has 1 unspecified atom stereocenters. The summed E-state index contributed by atoms with van der Waals surface area (Å²) in [7, 11) is -4.38. The van der Waals surface area contributed by atoms with Crippen LogP contribution < -0.4 is 5.73 Å². The molecule has 0 spiro atoms. The van der Waals surface area contributed by atoms with Crippen molar-refractivity contribution in [2.45, 2.75) is 168 Å². The molecule has 48 heavy (non-hydrogen) atoms. The largest absolute Gasteiger partial charge is 0.472 e. The molecule has 0 fully saturated rings. The SMILES string of the molecule is CCCC/C=C/C/C=C/CCCCCCCC(=O)OC[C@H](COP(=O)(O)OCCN)OC(=O)CCCCC/C=C/CCCCCCCC. The second-order valence-electron chi connectivity index (χ2n) is 12.4. The standard InChI is InChI=1S/C38H70NO8P/c1-3-5-7-9-11-13-15-17-19-20-22-24-26-28-30-37(40)44-34-36(35-46-48(42,43)45-33-32-39)47-38(41)31-29-27-25-23-21-18-16-14-12-10-8-6-4-2/h9,11,15,17-18,21,36H,3-8,10,12-14,16,19-20,22-35,39H2,1-2H3,(H,42,43)/b11-9+,17-15+,21-18+/t36-/m1/s1. The number of unbranched alkanes of at least 4 members (excludes halogenated alkanes) is 16. The number of phosphoric acid groups is 1. The van der Waals surface area contributed by atoms with E-state index in [1.54, 1.807) is 0 Å². The average Bonchev–Trinajstić information content (AvgIpc) is 3.07. The number of esters is 2.